The van der Waals surface area contributed by atoms with Crippen molar-refractivity contribution in [1.82, 2.24) is 5.48 Å². The van der Waals surface area contributed by atoms with E-state index < -0.39 is 5.91 Å². The second-order valence-electron chi connectivity index (χ2n) is 1.38. The van der Waals surface area contributed by atoms with Crippen LogP contribution in [0.5, 0.6) is 0 Å². The van der Waals surface area contributed by atoms with Crippen molar-refractivity contribution in [2.75, 3.05) is 0 Å². The number of nitrogens with zero attached hydrogens (tertiary/aromatic N) is 1. The van der Waals surface area contributed by atoms with E-state index in [0.29, 0.717) is 0 Å². The van der Waals surface area contributed by atoms with Crippen molar-refractivity contribution in [3.05, 3.63) is 17.1 Å². The molecule has 0 aliphatic rings. The van der Waals surface area contributed by atoms with E-state index in [4.69, 9.17) is 0 Å². The first-order chi connectivity index (χ1) is 4.18. The third kappa shape index (κ3) is 3.22. The number of amides is 1. The van der Waals surface area contributed by atoms with Crippen LogP contribution in [-0.4, -0.2) is 5.91 Å². The van der Waals surface area contributed by atoms with E-state index in [1.165, 1.54) is 6.92 Å². The molecule has 0 rings (SSSR count). The van der Waals surface area contributed by atoms with Gasteiger partial charge in [-0.1, -0.05) is 6.58 Å². The van der Waals surface area contributed by atoms with Crippen LogP contribution in [0.25, 0.3) is 0 Å². The molecule has 5 heteroatoms. The Balaban J connectivity index is 3.51. The third-order valence-electron chi connectivity index (χ3n) is 0.563. The molecule has 0 spiro atoms. The molecule has 50 valence electrons. The van der Waals surface area contributed by atoms with E-state index in [1.807, 2.05) is 5.34 Å². The zero-order valence-electron chi connectivity index (χ0n) is 4.88. The van der Waals surface area contributed by atoms with Gasteiger partial charge < -0.3 is 0 Å². The number of carbonyl (C=O) groups excluding carboxylic acids is 1. The fourth-order valence-corrected chi connectivity index (χ4v) is 0.147. The maximum absolute atomic E-state index is 10.4. The number of carbonyl (C=O) groups is 1. The topological polar surface area (TPSA) is 67.8 Å². The van der Waals surface area contributed by atoms with Crippen molar-refractivity contribution in [2.45, 2.75) is 6.92 Å². The molecule has 0 fully saturated rings. The van der Waals surface area contributed by atoms with E-state index in [9.17, 15) is 9.70 Å². The van der Waals surface area contributed by atoms with Gasteiger partial charge in [0.1, 0.15) is 0 Å². The molecule has 0 saturated carbocycles. The summed E-state index contributed by atoms with van der Waals surface area (Å²) in [7, 11) is 0. The number of rotatable bonds is 3. The summed E-state index contributed by atoms with van der Waals surface area (Å²) in [5.74, 6) is -0.561. The van der Waals surface area contributed by atoms with Crippen molar-refractivity contribution in [2.24, 2.45) is 5.34 Å². The molecule has 1 N–H and O–H groups in total. The van der Waals surface area contributed by atoms with Crippen molar-refractivity contribution in [3.8, 4) is 0 Å². The first-order valence-corrected chi connectivity index (χ1v) is 2.13. The van der Waals surface area contributed by atoms with Crippen LogP contribution in [0.2, 0.25) is 0 Å². The van der Waals surface area contributed by atoms with Gasteiger partial charge in [0.05, 0.1) is 0 Å². The van der Waals surface area contributed by atoms with Crippen LogP contribution in [0.1, 0.15) is 6.92 Å². The van der Waals surface area contributed by atoms with Gasteiger partial charge in [-0.3, -0.25) is 4.79 Å². The van der Waals surface area contributed by atoms with Gasteiger partial charge in [-0.05, 0) is 6.92 Å². The van der Waals surface area contributed by atoms with E-state index in [2.05, 4.69) is 11.5 Å². The zero-order chi connectivity index (χ0) is 7.28. The Morgan fingerprint density at radius 1 is 1.78 bits per heavy atom. The first-order valence-electron chi connectivity index (χ1n) is 2.13. The fraction of sp³-hybridized carbons (Fsp3) is 0.250. The lowest BCUT2D eigenvalue weighted by atomic mass is 10.3. The molecule has 0 aliphatic heterocycles. The molecular weight excluding hydrogens is 124 g/mol. The number of hydrogen-bond donors (Lipinski definition) is 1. The smallest absolute Gasteiger partial charge is 0.266 e. The highest BCUT2D eigenvalue weighted by Crippen LogP contribution is 1.84. The summed E-state index contributed by atoms with van der Waals surface area (Å²) in [6.45, 7) is 4.75. The summed E-state index contributed by atoms with van der Waals surface area (Å²) < 4.78 is 0. The van der Waals surface area contributed by atoms with Gasteiger partial charge in [0.25, 0.3) is 5.91 Å². The third-order valence-corrected chi connectivity index (χ3v) is 0.563. The molecule has 0 aliphatic carbocycles. The standard InChI is InChI=1S/C4H6N2O3/c1-3(2)4(7)5-9-6-8/h1H2,2H3,(H,5,7). The molecule has 0 aromatic carbocycles. The van der Waals surface area contributed by atoms with E-state index in [1.54, 1.807) is 5.48 Å². The van der Waals surface area contributed by atoms with Gasteiger partial charge in [0.15, 0.2) is 5.34 Å². The van der Waals surface area contributed by atoms with Gasteiger partial charge in [-0.25, -0.2) is 4.94 Å². The maximum atomic E-state index is 10.4. The van der Waals surface area contributed by atoms with Crippen molar-refractivity contribution in [3.63, 3.8) is 0 Å². The molecule has 0 heterocycles. The predicted octanol–water partition coefficient (Wildman–Crippen LogP) is 0.292. The molecule has 0 bridgehead atoms. The van der Waals surface area contributed by atoms with Crippen molar-refractivity contribution in [1.29, 1.82) is 0 Å². The largest absolute Gasteiger partial charge is 0.281 e. The highest BCUT2D eigenvalue weighted by Gasteiger charge is 1.98. The minimum atomic E-state index is -0.561. The molecule has 0 unspecified atom stereocenters. The Kier molecular flexibility index (Phi) is 3.04. The van der Waals surface area contributed by atoms with Gasteiger partial charge in [-0.2, -0.15) is 5.48 Å². The molecular formula is C4H6N2O3. The molecule has 5 nitrogen and oxygen atoms in total. The zero-order valence-corrected chi connectivity index (χ0v) is 4.88. The summed E-state index contributed by atoms with van der Waals surface area (Å²) in [4.78, 5) is 23.2. The molecule has 1 amide bonds. The van der Waals surface area contributed by atoms with Crippen LogP contribution >= 0.6 is 0 Å². The molecule has 0 atom stereocenters. The predicted molar refractivity (Wildman–Crippen MR) is 29.8 cm³/mol. The SMILES string of the molecule is C=C(C)C(=O)NON=O. The fourth-order valence-electron chi connectivity index (χ4n) is 0.147. The normalized spacial score (nSPS) is 7.67. The van der Waals surface area contributed by atoms with Gasteiger partial charge in [0, 0.05) is 5.57 Å². The second kappa shape index (κ2) is 3.59. The summed E-state index contributed by atoms with van der Waals surface area (Å²) in [6.07, 6.45) is 0. The van der Waals surface area contributed by atoms with Crippen LogP contribution in [0.15, 0.2) is 17.5 Å². The number of hydroxylamine groups is 1. The van der Waals surface area contributed by atoms with Gasteiger partial charge >= 0.3 is 0 Å². The monoisotopic (exact) mass is 130 g/mol. The van der Waals surface area contributed by atoms with Crippen LogP contribution < -0.4 is 5.48 Å². The molecule has 9 heavy (non-hydrogen) atoms. The minimum absolute atomic E-state index is 0.249. The summed E-state index contributed by atoms with van der Waals surface area (Å²) >= 11 is 0. The minimum Gasteiger partial charge on any atom is -0.266 e. The van der Waals surface area contributed by atoms with Crippen LogP contribution in [0.3, 0.4) is 0 Å². The molecule has 0 saturated heterocycles. The van der Waals surface area contributed by atoms with E-state index in [-0.39, 0.29) is 5.57 Å². The lowest BCUT2D eigenvalue weighted by Gasteiger charge is -1.94. The Hall–Kier alpha value is -1.39. The van der Waals surface area contributed by atoms with Crippen LogP contribution in [-0.2, 0) is 9.73 Å². The van der Waals surface area contributed by atoms with Crippen LogP contribution in [0.4, 0.5) is 0 Å². The average molecular weight is 130 g/mol. The first kappa shape index (κ1) is 7.61. The number of nitrogens with one attached hydrogen (secondary N) is 1. The Morgan fingerprint density at radius 2 is 2.33 bits per heavy atom. The maximum Gasteiger partial charge on any atom is 0.281 e. The van der Waals surface area contributed by atoms with Gasteiger partial charge in [0.2, 0.25) is 0 Å². The highest BCUT2D eigenvalue weighted by molar-refractivity contribution is 5.91. The van der Waals surface area contributed by atoms with E-state index in [0.717, 1.165) is 0 Å². The summed E-state index contributed by atoms with van der Waals surface area (Å²) in [6, 6.07) is 0. The Morgan fingerprint density at radius 3 is 2.67 bits per heavy atom. The second-order valence-corrected chi connectivity index (χ2v) is 1.38. The number of hydrogen-bond acceptors (Lipinski definition) is 4. The lowest BCUT2D eigenvalue weighted by molar-refractivity contribution is -0.129. The quantitative estimate of drug-likeness (QED) is 0.339. The van der Waals surface area contributed by atoms with Crippen LogP contribution in [0, 0.1) is 4.91 Å². The van der Waals surface area contributed by atoms with Crippen molar-refractivity contribution >= 4 is 5.91 Å². The average Bonchev–Trinajstić information content (AvgIpc) is 1.82. The van der Waals surface area contributed by atoms with E-state index >= 15 is 0 Å². The summed E-state index contributed by atoms with van der Waals surface area (Å²) in [5, 5.41) is 1.94. The van der Waals surface area contributed by atoms with Crippen molar-refractivity contribution < 1.29 is 9.73 Å². The molecule has 0 aromatic rings. The van der Waals surface area contributed by atoms with Gasteiger partial charge in [-0.15, -0.1) is 4.91 Å². The molecule has 0 aromatic heterocycles. The molecule has 0 radical (unpaired) electrons. The Bertz CT molecular complexity index is 143. The lowest BCUT2D eigenvalue weighted by Crippen LogP contribution is -2.21. The Labute approximate surface area is 51.6 Å². The summed E-state index contributed by atoms with van der Waals surface area (Å²) in [5.41, 5.74) is 1.96. The highest BCUT2D eigenvalue weighted by atomic mass is 16.8.